The van der Waals surface area contributed by atoms with Gasteiger partial charge in [0, 0.05) is 48.4 Å². The molecule has 0 bridgehead atoms. The molecule has 3 aromatic carbocycles. The van der Waals surface area contributed by atoms with E-state index in [9.17, 15) is 4.79 Å². The van der Waals surface area contributed by atoms with Crippen LogP contribution in [0.3, 0.4) is 0 Å². The summed E-state index contributed by atoms with van der Waals surface area (Å²) < 4.78 is 0. The van der Waals surface area contributed by atoms with Gasteiger partial charge in [0.25, 0.3) is 5.91 Å². The summed E-state index contributed by atoms with van der Waals surface area (Å²) >= 11 is 0. The van der Waals surface area contributed by atoms with E-state index in [1.807, 2.05) is 61.5 Å². The highest BCUT2D eigenvalue weighted by molar-refractivity contribution is 6.30. The number of nitrogens with zero attached hydrogens (tertiary/aromatic N) is 3. The van der Waals surface area contributed by atoms with E-state index in [1.165, 1.54) is 0 Å². The molecule has 0 spiro atoms. The van der Waals surface area contributed by atoms with Gasteiger partial charge in [0.05, 0.1) is 11.4 Å². The van der Waals surface area contributed by atoms with Crippen LogP contribution in [0.25, 0.3) is 0 Å². The lowest BCUT2D eigenvalue weighted by atomic mass is 10.1. The summed E-state index contributed by atoms with van der Waals surface area (Å²) in [6.07, 6.45) is 1.68. The third kappa shape index (κ3) is 4.27. The fraction of sp³-hybridized carbons (Fsp3) is 0.0714. The average Bonchev–Trinajstić information content (AvgIpc) is 3.02. The van der Waals surface area contributed by atoms with Crippen molar-refractivity contribution in [3.05, 3.63) is 108 Å². The molecule has 8 nitrogen and oxygen atoms in total. The fourth-order valence-corrected chi connectivity index (χ4v) is 4.03. The zero-order chi connectivity index (χ0) is 25.2. The molecule has 1 amide bonds. The minimum absolute atomic E-state index is 0.130. The summed E-state index contributed by atoms with van der Waals surface area (Å²) in [6.45, 7) is 0. The van der Waals surface area contributed by atoms with E-state index in [2.05, 4.69) is 15.6 Å². The highest BCUT2D eigenvalue weighted by Gasteiger charge is 2.28. The number of para-hydroxylation sites is 1. The fourth-order valence-electron chi connectivity index (χ4n) is 4.03. The summed E-state index contributed by atoms with van der Waals surface area (Å²) in [7, 11) is 3.90. The Balaban J connectivity index is 1.39. The molecule has 1 aliphatic heterocycles. The van der Waals surface area contributed by atoms with Crippen molar-refractivity contribution < 1.29 is 4.79 Å². The van der Waals surface area contributed by atoms with Crippen LogP contribution in [-0.2, 0) is 0 Å². The molecular weight excluding hydrogens is 450 g/mol. The first-order valence-electron chi connectivity index (χ1n) is 11.4. The Labute approximate surface area is 209 Å². The van der Waals surface area contributed by atoms with Crippen molar-refractivity contribution in [2.75, 3.05) is 34.5 Å². The monoisotopic (exact) mass is 475 g/mol. The Morgan fingerprint density at radius 1 is 0.917 bits per heavy atom. The Bertz CT molecular complexity index is 1460. The number of hydrogen-bond donors (Lipinski definition) is 4. The first-order valence-corrected chi connectivity index (χ1v) is 11.4. The molecule has 0 fully saturated rings. The van der Waals surface area contributed by atoms with Gasteiger partial charge in [0.15, 0.2) is 5.82 Å². The second-order valence-electron chi connectivity index (χ2n) is 8.55. The summed E-state index contributed by atoms with van der Waals surface area (Å²) in [4.78, 5) is 20.7. The van der Waals surface area contributed by atoms with E-state index >= 15 is 0 Å². The van der Waals surface area contributed by atoms with Crippen molar-refractivity contribution >= 4 is 46.1 Å². The van der Waals surface area contributed by atoms with Gasteiger partial charge in [-0.2, -0.15) is 0 Å². The van der Waals surface area contributed by atoms with Gasteiger partial charge in [0.2, 0.25) is 0 Å². The molecule has 0 aliphatic carbocycles. The number of amidine groups is 2. The van der Waals surface area contributed by atoms with Crippen LogP contribution in [0.5, 0.6) is 0 Å². The summed E-state index contributed by atoms with van der Waals surface area (Å²) in [5.74, 6) is 0.666. The zero-order valence-corrected chi connectivity index (χ0v) is 19.9. The first kappa shape index (κ1) is 22.8. The lowest BCUT2D eigenvalue weighted by Gasteiger charge is -2.25. The quantitative estimate of drug-likeness (QED) is 0.236. The van der Waals surface area contributed by atoms with Crippen molar-refractivity contribution in [2.24, 2.45) is 0 Å². The molecule has 0 radical (unpaired) electrons. The van der Waals surface area contributed by atoms with Crippen molar-refractivity contribution in [1.29, 1.82) is 10.8 Å². The molecule has 0 saturated heterocycles. The topological polar surface area (TPSA) is 108 Å². The lowest BCUT2D eigenvalue weighted by Crippen LogP contribution is -2.36. The number of aromatic nitrogens is 1. The molecule has 1 aliphatic rings. The third-order valence-corrected chi connectivity index (χ3v) is 5.97. The number of rotatable bonds is 4. The van der Waals surface area contributed by atoms with Crippen molar-refractivity contribution in [3.63, 3.8) is 0 Å². The van der Waals surface area contributed by atoms with Gasteiger partial charge in [-0.25, -0.2) is 4.98 Å². The molecular formula is C28H25N7O. The van der Waals surface area contributed by atoms with Crippen LogP contribution < -0.4 is 20.4 Å². The molecule has 2 heterocycles. The highest BCUT2D eigenvalue weighted by Crippen LogP contribution is 2.34. The van der Waals surface area contributed by atoms with Crippen LogP contribution in [0, 0.1) is 10.8 Å². The van der Waals surface area contributed by atoms with E-state index in [0.717, 1.165) is 11.4 Å². The maximum absolute atomic E-state index is 12.7. The van der Waals surface area contributed by atoms with E-state index in [-0.39, 0.29) is 17.6 Å². The van der Waals surface area contributed by atoms with Gasteiger partial charge in [-0.15, -0.1) is 0 Å². The smallest absolute Gasteiger partial charge is 0.255 e. The Kier molecular flexibility index (Phi) is 5.92. The average molecular weight is 476 g/mol. The third-order valence-electron chi connectivity index (χ3n) is 5.97. The number of carbonyl (C=O) groups is 1. The van der Waals surface area contributed by atoms with E-state index in [4.69, 9.17) is 10.8 Å². The van der Waals surface area contributed by atoms with Crippen LogP contribution >= 0.6 is 0 Å². The minimum Gasteiger partial charge on any atom is -0.378 e. The number of benzene rings is 3. The molecule has 178 valence electrons. The van der Waals surface area contributed by atoms with E-state index in [0.29, 0.717) is 33.9 Å². The first-order chi connectivity index (χ1) is 17.4. The molecule has 0 atom stereocenters. The zero-order valence-electron chi connectivity index (χ0n) is 19.9. The largest absolute Gasteiger partial charge is 0.378 e. The van der Waals surface area contributed by atoms with Crippen LogP contribution in [0.4, 0.5) is 28.6 Å². The van der Waals surface area contributed by atoms with E-state index < -0.39 is 0 Å². The number of hydrogen-bond acceptors (Lipinski definition) is 6. The van der Waals surface area contributed by atoms with Crippen molar-refractivity contribution in [3.8, 4) is 0 Å². The predicted molar refractivity (Wildman–Crippen MR) is 145 cm³/mol. The molecule has 1 aromatic heterocycles. The maximum atomic E-state index is 12.7. The van der Waals surface area contributed by atoms with Gasteiger partial charge in [-0.1, -0.05) is 12.1 Å². The van der Waals surface area contributed by atoms with Crippen LogP contribution in [-0.4, -0.2) is 36.7 Å². The van der Waals surface area contributed by atoms with Gasteiger partial charge in [-0.05, 0) is 72.8 Å². The van der Waals surface area contributed by atoms with Crippen molar-refractivity contribution in [1.82, 2.24) is 4.98 Å². The number of amides is 1. The maximum Gasteiger partial charge on any atom is 0.255 e. The molecule has 36 heavy (non-hydrogen) atoms. The second kappa shape index (κ2) is 9.34. The Morgan fingerprint density at radius 2 is 1.61 bits per heavy atom. The second-order valence-corrected chi connectivity index (χ2v) is 8.55. The van der Waals surface area contributed by atoms with Crippen LogP contribution in [0.15, 0.2) is 91.1 Å². The number of pyridine rings is 1. The molecule has 0 saturated carbocycles. The number of fused-ring (bicyclic) bond motifs is 2. The van der Waals surface area contributed by atoms with Gasteiger partial charge < -0.3 is 15.5 Å². The molecule has 4 N–H and O–H groups in total. The molecule has 8 heteroatoms. The Morgan fingerprint density at radius 3 is 2.33 bits per heavy atom. The predicted octanol–water partition coefficient (Wildman–Crippen LogP) is 5.31. The standard InChI is InChI=1S/C28H25N7O/c1-34(2)21-15-11-19(12-16-21)28(36)32-20-13-9-18(10-14-20)25(29)35-24-8-5-17-31-27(24)33-23-7-4-3-6-22(23)26(35)30/h3-17,29-30H,1-2H3,(H,31,33)(H,32,36). The van der Waals surface area contributed by atoms with Crippen molar-refractivity contribution in [2.45, 2.75) is 0 Å². The van der Waals surface area contributed by atoms with Crippen LogP contribution in [0.1, 0.15) is 21.5 Å². The summed E-state index contributed by atoms with van der Waals surface area (Å²) in [5.41, 5.74) is 4.84. The highest BCUT2D eigenvalue weighted by atomic mass is 16.1. The molecule has 4 aromatic rings. The number of nitrogens with one attached hydrogen (secondary N) is 4. The molecule has 5 rings (SSSR count). The normalized spacial score (nSPS) is 12.1. The lowest BCUT2D eigenvalue weighted by molar-refractivity contribution is 0.102. The van der Waals surface area contributed by atoms with E-state index in [1.54, 1.807) is 53.6 Å². The van der Waals surface area contributed by atoms with Crippen LogP contribution in [0.2, 0.25) is 0 Å². The number of anilines is 5. The summed E-state index contributed by atoms with van der Waals surface area (Å²) in [5, 5.41) is 24.1. The number of carbonyl (C=O) groups excluding carboxylic acids is 1. The summed E-state index contributed by atoms with van der Waals surface area (Å²) in [6, 6.07) is 25.5. The van der Waals surface area contributed by atoms with Gasteiger partial charge in [0.1, 0.15) is 11.7 Å². The molecule has 0 unspecified atom stereocenters. The minimum atomic E-state index is -0.208. The SMILES string of the molecule is CN(C)c1ccc(C(=O)Nc2ccc(C(=N)N3C(=N)c4ccccc4Nc4ncccc43)cc2)cc1. The van der Waals surface area contributed by atoms with Gasteiger partial charge >= 0.3 is 0 Å². The van der Waals surface area contributed by atoms with Gasteiger partial charge in [-0.3, -0.25) is 20.5 Å². The Hall–Kier alpha value is -4.98.